The highest BCUT2D eigenvalue weighted by atomic mass is 16.2. The Hall–Kier alpha value is -2.65. The first kappa shape index (κ1) is 19.4. The zero-order valence-electron chi connectivity index (χ0n) is 12.4. The van der Waals surface area contributed by atoms with Crippen molar-refractivity contribution in [2.24, 2.45) is 16.5 Å². The maximum Gasteiger partial charge on any atom is 0.243 e. The Bertz CT molecular complexity index is 433. The molecule has 0 saturated carbocycles. The maximum atomic E-state index is 11.9. The summed E-state index contributed by atoms with van der Waals surface area (Å²) in [5.41, 5.74) is 10.4. The van der Waals surface area contributed by atoms with E-state index in [1.165, 1.54) is 6.92 Å². The summed E-state index contributed by atoms with van der Waals surface area (Å²) in [6.07, 6.45) is 1.33. The highest BCUT2D eigenvalue weighted by Gasteiger charge is 2.19. The Morgan fingerprint density at radius 1 is 1.23 bits per heavy atom. The summed E-state index contributed by atoms with van der Waals surface area (Å²) in [6, 6.07) is -0.787. The van der Waals surface area contributed by atoms with E-state index in [0.29, 0.717) is 25.7 Å². The second-order valence-electron chi connectivity index (χ2n) is 4.39. The van der Waals surface area contributed by atoms with Crippen LogP contribution >= 0.6 is 0 Å². The summed E-state index contributed by atoms with van der Waals surface area (Å²) < 4.78 is 0. The van der Waals surface area contributed by atoms with Crippen LogP contribution in [0, 0.1) is 0 Å². The first-order chi connectivity index (χ1) is 10.4. The molecule has 0 rings (SSSR count). The smallest absolute Gasteiger partial charge is 0.243 e. The number of aldehydes is 1. The molecule has 0 aliphatic carbocycles. The first-order valence-corrected chi connectivity index (χ1v) is 6.67. The number of nitrogens with two attached hydrogens (primary N) is 2. The van der Waals surface area contributed by atoms with E-state index in [2.05, 4.69) is 20.9 Å². The van der Waals surface area contributed by atoms with Gasteiger partial charge in [0.2, 0.25) is 17.7 Å². The molecule has 0 aliphatic heterocycles. The van der Waals surface area contributed by atoms with Crippen molar-refractivity contribution in [3.63, 3.8) is 0 Å². The lowest BCUT2D eigenvalue weighted by atomic mass is 10.1. The molecule has 0 unspecified atom stereocenters. The van der Waals surface area contributed by atoms with Gasteiger partial charge in [-0.05, 0) is 12.8 Å². The third kappa shape index (κ3) is 10.2. The van der Waals surface area contributed by atoms with Crippen molar-refractivity contribution in [1.29, 1.82) is 0 Å². The molecule has 1 atom stereocenters. The molecule has 0 aromatic carbocycles. The average Bonchev–Trinajstić information content (AvgIpc) is 2.45. The third-order valence-corrected chi connectivity index (χ3v) is 2.45. The van der Waals surface area contributed by atoms with Crippen LogP contribution in [0.15, 0.2) is 4.99 Å². The summed E-state index contributed by atoms with van der Waals surface area (Å²) in [6.45, 7) is 1.21. The molecule has 0 aromatic heterocycles. The molecule has 3 amide bonds. The van der Waals surface area contributed by atoms with Gasteiger partial charge in [-0.1, -0.05) is 0 Å². The zero-order chi connectivity index (χ0) is 17.0. The van der Waals surface area contributed by atoms with Gasteiger partial charge in [-0.2, -0.15) is 0 Å². The molecular weight excluding hydrogens is 292 g/mol. The van der Waals surface area contributed by atoms with E-state index < -0.39 is 17.9 Å². The number of guanidine groups is 1. The summed E-state index contributed by atoms with van der Waals surface area (Å²) in [7, 11) is 0. The van der Waals surface area contributed by atoms with Gasteiger partial charge in [-0.15, -0.1) is 0 Å². The van der Waals surface area contributed by atoms with Gasteiger partial charge >= 0.3 is 0 Å². The van der Waals surface area contributed by atoms with Gasteiger partial charge in [0.05, 0.1) is 13.1 Å². The van der Waals surface area contributed by atoms with Crippen LogP contribution in [0.5, 0.6) is 0 Å². The number of carbonyl (C=O) groups is 4. The molecule has 0 aliphatic rings. The molecule has 124 valence electrons. The van der Waals surface area contributed by atoms with Gasteiger partial charge in [0.15, 0.2) is 5.96 Å². The van der Waals surface area contributed by atoms with Crippen molar-refractivity contribution < 1.29 is 19.2 Å². The first-order valence-electron chi connectivity index (χ1n) is 6.67. The molecular formula is C12H22N6O4. The molecule has 10 nitrogen and oxygen atoms in total. The largest absolute Gasteiger partial charge is 0.370 e. The Morgan fingerprint density at radius 2 is 1.91 bits per heavy atom. The van der Waals surface area contributed by atoms with Gasteiger partial charge in [0, 0.05) is 13.5 Å². The van der Waals surface area contributed by atoms with Crippen LogP contribution in [0.1, 0.15) is 19.8 Å². The number of nitrogens with zero attached hydrogens (tertiary/aromatic N) is 1. The van der Waals surface area contributed by atoms with Gasteiger partial charge in [0.25, 0.3) is 0 Å². The molecule has 0 bridgehead atoms. The fourth-order valence-corrected chi connectivity index (χ4v) is 1.53. The number of carbonyl (C=O) groups excluding carboxylic acids is 4. The molecule has 10 heteroatoms. The van der Waals surface area contributed by atoms with Crippen LogP contribution in [-0.2, 0) is 19.2 Å². The van der Waals surface area contributed by atoms with Crippen molar-refractivity contribution in [3.8, 4) is 0 Å². The van der Waals surface area contributed by atoms with E-state index in [-0.39, 0.29) is 25.0 Å². The SMILES string of the molecule is CC(=O)N[C@H](CCCN=C(N)N)C(=O)NCC(=O)NCC=O. The Morgan fingerprint density at radius 3 is 2.45 bits per heavy atom. The van der Waals surface area contributed by atoms with E-state index in [4.69, 9.17) is 11.5 Å². The highest BCUT2D eigenvalue weighted by molar-refractivity contribution is 5.90. The standard InChI is InChI=1S/C12H22N6O4/c1-8(20)18-9(3-2-4-16-12(13)14)11(22)17-7-10(21)15-5-6-19/h6,9H,2-5,7H2,1H3,(H,15,21)(H,17,22)(H,18,20)(H4,13,14,16)/t9-/m1/s1. The van der Waals surface area contributed by atoms with Gasteiger partial charge in [-0.3, -0.25) is 19.4 Å². The average molecular weight is 314 g/mol. The molecule has 7 N–H and O–H groups in total. The number of nitrogens with one attached hydrogen (secondary N) is 3. The maximum absolute atomic E-state index is 11.9. The lowest BCUT2D eigenvalue weighted by molar-refractivity contribution is -0.130. The Balaban J connectivity index is 4.32. The van der Waals surface area contributed by atoms with Crippen molar-refractivity contribution in [1.82, 2.24) is 16.0 Å². The summed E-state index contributed by atoms with van der Waals surface area (Å²) in [5.74, 6) is -1.41. The van der Waals surface area contributed by atoms with Crippen LogP contribution in [-0.4, -0.2) is 55.6 Å². The fraction of sp³-hybridized carbons (Fsp3) is 0.583. The van der Waals surface area contributed by atoms with Crippen LogP contribution in [0.25, 0.3) is 0 Å². The van der Waals surface area contributed by atoms with E-state index >= 15 is 0 Å². The second-order valence-corrected chi connectivity index (χ2v) is 4.39. The topological polar surface area (TPSA) is 169 Å². The summed E-state index contributed by atoms with van der Waals surface area (Å²) in [5, 5.41) is 7.14. The lowest BCUT2D eigenvalue weighted by Gasteiger charge is -2.17. The van der Waals surface area contributed by atoms with Crippen molar-refractivity contribution in [2.75, 3.05) is 19.6 Å². The molecule has 0 aromatic rings. The normalized spacial score (nSPS) is 11.0. The van der Waals surface area contributed by atoms with Crippen LogP contribution < -0.4 is 27.4 Å². The summed E-state index contributed by atoms with van der Waals surface area (Å²) >= 11 is 0. The number of hydrogen-bond donors (Lipinski definition) is 5. The van der Waals surface area contributed by atoms with Crippen molar-refractivity contribution >= 4 is 30.0 Å². The predicted molar refractivity (Wildman–Crippen MR) is 79.6 cm³/mol. The predicted octanol–water partition coefficient (Wildman–Crippen LogP) is -3.02. The fourth-order valence-electron chi connectivity index (χ4n) is 1.53. The molecule has 0 fully saturated rings. The van der Waals surface area contributed by atoms with Gasteiger partial charge < -0.3 is 32.2 Å². The molecule has 0 radical (unpaired) electrons. The number of aliphatic imine (C=N–C) groups is 1. The molecule has 0 spiro atoms. The molecule has 0 heterocycles. The van der Waals surface area contributed by atoms with E-state index in [9.17, 15) is 19.2 Å². The van der Waals surface area contributed by atoms with Crippen molar-refractivity contribution in [3.05, 3.63) is 0 Å². The van der Waals surface area contributed by atoms with Gasteiger partial charge in [-0.25, -0.2) is 0 Å². The minimum atomic E-state index is -0.787. The van der Waals surface area contributed by atoms with Gasteiger partial charge in [0.1, 0.15) is 12.3 Å². The Kier molecular flexibility index (Phi) is 9.73. The third-order valence-electron chi connectivity index (χ3n) is 2.45. The second kappa shape index (κ2) is 11.1. The number of hydrogen-bond acceptors (Lipinski definition) is 5. The van der Waals surface area contributed by atoms with Crippen LogP contribution in [0.3, 0.4) is 0 Å². The van der Waals surface area contributed by atoms with E-state index in [1.807, 2.05) is 0 Å². The minimum absolute atomic E-state index is 0.0487. The minimum Gasteiger partial charge on any atom is -0.370 e. The number of amides is 3. The van der Waals surface area contributed by atoms with Crippen molar-refractivity contribution in [2.45, 2.75) is 25.8 Å². The monoisotopic (exact) mass is 314 g/mol. The molecule has 22 heavy (non-hydrogen) atoms. The van der Waals surface area contributed by atoms with Crippen LogP contribution in [0.4, 0.5) is 0 Å². The van der Waals surface area contributed by atoms with E-state index in [0.717, 1.165) is 0 Å². The summed E-state index contributed by atoms with van der Waals surface area (Å²) in [4.78, 5) is 48.2. The van der Waals surface area contributed by atoms with Crippen LogP contribution in [0.2, 0.25) is 0 Å². The molecule has 0 saturated heterocycles. The zero-order valence-corrected chi connectivity index (χ0v) is 12.4. The highest BCUT2D eigenvalue weighted by Crippen LogP contribution is 1.98. The Labute approximate surface area is 128 Å². The van der Waals surface area contributed by atoms with E-state index in [1.54, 1.807) is 0 Å². The quantitative estimate of drug-likeness (QED) is 0.124. The lowest BCUT2D eigenvalue weighted by Crippen LogP contribution is -2.48. The number of rotatable bonds is 10.